The van der Waals surface area contributed by atoms with Crippen molar-refractivity contribution in [3.05, 3.63) is 30.1 Å². The van der Waals surface area contributed by atoms with E-state index in [-0.39, 0.29) is 18.3 Å². The minimum absolute atomic E-state index is 0.0818. The molecule has 0 bridgehead atoms. The average molecular weight is 240 g/mol. The van der Waals surface area contributed by atoms with Crippen LogP contribution in [0.2, 0.25) is 0 Å². The summed E-state index contributed by atoms with van der Waals surface area (Å²) in [6.45, 7) is 3.86. The highest BCUT2D eigenvalue weighted by molar-refractivity contribution is 5.91. The van der Waals surface area contributed by atoms with Gasteiger partial charge in [0, 0.05) is 12.2 Å². The predicted octanol–water partition coefficient (Wildman–Crippen LogP) is 1.52. The summed E-state index contributed by atoms with van der Waals surface area (Å²) in [5.74, 6) is -0.637. The van der Waals surface area contributed by atoms with Crippen LogP contribution in [0.4, 0.5) is 10.1 Å². The lowest BCUT2D eigenvalue weighted by Gasteiger charge is -2.22. The second-order valence-corrected chi connectivity index (χ2v) is 4.31. The summed E-state index contributed by atoms with van der Waals surface area (Å²) in [7, 11) is 0. The summed E-state index contributed by atoms with van der Waals surface area (Å²) in [4.78, 5) is 11.5. The molecule has 4 nitrogen and oxygen atoms in total. The standard InChI is InChI=1S/C12H17FN2O2/c1-12(2,8-14)17-7-11(16)15-10-5-3-9(13)4-6-10/h3-6H,7-8,14H2,1-2H3,(H,15,16). The van der Waals surface area contributed by atoms with E-state index < -0.39 is 5.60 Å². The second kappa shape index (κ2) is 5.75. The predicted molar refractivity (Wildman–Crippen MR) is 64.1 cm³/mol. The van der Waals surface area contributed by atoms with Gasteiger partial charge in [0.2, 0.25) is 5.91 Å². The van der Waals surface area contributed by atoms with E-state index in [4.69, 9.17) is 10.5 Å². The first-order valence-corrected chi connectivity index (χ1v) is 5.32. The second-order valence-electron chi connectivity index (χ2n) is 4.31. The zero-order valence-corrected chi connectivity index (χ0v) is 10.00. The number of carbonyl (C=O) groups is 1. The van der Waals surface area contributed by atoms with Crippen molar-refractivity contribution in [3.63, 3.8) is 0 Å². The number of rotatable bonds is 5. The van der Waals surface area contributed by atoms with E-state index in [1.54, 1.807) is 13.8 Å². The highest BCUT2D eigenvalue weighted by atomic mass is 19.1. The fourth-order valence-corrected chi connectivity index (χ4v) is 1.05. The third-order valence-electron chi connectivity index (χ3n) is 2.21. The van der Waals surface area contributed by atoms with Gasteiger partial charge in [-0.25, -0.2) is 4.39 Å². The van der Waals surface area contributed by atoms with Crippen LogP contribution in [0, 0.1) is 5.82 Å². The summed E-state index contributed by atoms with van der Waals surface area (Å²) < 4.78 is 17.9. The molecule has 0 aliphatic carbocycles. The minimum Gasteiger partial charge on any atom is -0.364 e. The van der Waals surface area contributed by atoms with E-state index in [1.807, 2.05) is 0 Å². The molecular weight excluding hydrogens is 223 g/mol. The van der Waals surface area contributed by atoms with Crippen molar-refractivity contribution in [2.45, 2.75) is 19.4 Å². The molecule has 1 rings (SSSR count). The smallest absolute Gasteiger partial charge is 0.250 e. The Labute approximate surface area is 100.0 Å². The number of nitrogens with two attached hydrogens (primary N) is 1. The summed E-state index contributed by atoms with van der Waals surface area (Å²) in [5.41, 5.74) is 5.47. The van der Waals surface area contributed by atoms with Crippen LogP contribution in [0.3, 0.4) is 0 Å². The number of ether oxygens (including phenoxy) is 1. The van der Waals surface area contributed by atoms with Gasteiger partial charge < -0.3 is 15.8 Å². The van der Waals surface area contributed by atoms with E-state index in [9.17, 15) is 9.18 Å². The first-order valence-electron chi connectivity index (χ1n) is 5.32. The third-order valence-corrected chi connectivity index (χ3v) is 2.21. The molecule has 0 saturated carbocycles. The molecule has 0 fully saturated rings. The summed E-state index contributed by atoms with van der Waals surface area (Å²) in [6.07, 6.45) is 0. The van der Waals surface area contributed by atoms with Crippen LogP contribution in [-0.2, 0) is 9.53 Å². The number of hydrogen-bond donors (Lipinski definition) is 2. The molecule has 0 saturated heterocycles. The normalized spacial score (nSPS) is 11.3. The zero-order valence-electron chi connectivity index (χ0n) is 10.00. The van der Waals surface area contributed by atoms with Crippen LogP contribution >= 0.6 is 0 Å². The molecule has 94 valence electrons. The van der Waals surface area contributed by atoms with E-state index in [1.165, 1.54) is 24.3 Å². The molecule has 1 amide bonds. The van der Waals surface area contributed by atoms with Crippen LogP contribution in [0.5, 0.6) is 0 Å². The SMILES string of the molecule is CC(C)(CN)OCC(=O)Nc1ccc(F)cc1. The molecule has 0 aliphatic heterocycles. The molecule has 0 heterocycles. The average Bonchev–Trinajstić information content (AvgIpc) is 2.30. The highest BCUT2D eigenvalue weighted by Gasteiger charge is 2.17. The van der Waals surface area contributed by atoms with Crippen molar-refractivity contribution in [2.75, 3.05) is 18.5 Å². The molecule has 1 aromatic rings. The van der Waals surface area contributed by atoms with Crippen LogP contribution in [0.1, 0.15) is 13.8 Å². The maximum atomic E-state index is 12.6. The molecule has 1 aromatic carbocycles. The molecule has 0 spiro atoms. The van der Waals surface area contributed by atoms with Crippen molar-refractivity contribution in [3.8, 4) is 0 Å². The Hall–Kier alpha value is -1.46. The van der Waals surface area contributed by atoms with Gasteiger partial charge in [-0.3, -0.25) is 4.79 Å². The number of nitrogens with one attached hydrogen (secondary N) is 1. The van der Waals surface area contributed by atoms with Gasteiger partial charge in [0.15, 0.2) is 0 Å². The van der Waals surface area contributed by atoms with Gasteiger partial charge in [-0.15, -0.1) is 0 Å². The first-order chi connectivity index (χ1) is 7.93. The van der Waals surface area contributed by atoms with Gasteiger partial charge in [0.25, 0.3) is 0 Å². The largest absolute Gasteiger partial charge is 0.364 e. The quantitative estimate of drug-likeness (QED) is 0.820. The number of carbonyl (C=O) groups excluding carboxylic acids is 1. The Morgan fingerprint density at radius 3 is 2.53 bits per heavy atom. The number of halogens is 1. The van der Waals surface area contributed by atoms with Crippen LogP contribution in [-0.4, -0.2) is 24.7 Å². The molecule has 5 heteroatoms. The van der Waals surface area contributed by atoms with Crippen LogP contribution in [0.15, 0.2) is 24.3 Å². The van der Waals surface area contributed by atoms with Crippen LogP contribution < -0.4 is 11.1 Å². The van der Waals surface area contributed by atoms with Crippen molar-refractivity contribution < 1.29 is 13.9 Å². The lowest BCUT2D eigenvalue weighted by atomic mass is 10.1. The Kier molecular flexibility index (Phi) is 4.60. The third kappa shape index (κ3) is 4.93. The number of anilines is 1. The number of benzene rings is 1. The summed E-state index contributed by atoms with van der Waals surface area (Å²) in [6, 6.07) is 5.53. The van der Waals surface area contributed by atoms with Gasteiger partial charge in [-0.05, 0) is 38.1 Å². The number of amides is 1. The Balaban J connectivity index is 2.42. The molecule has 0 aliphatic rings. The topological polar surface area (TPSA) is 64.3 Å². The van der Waals surface area contributed by atoms with E-state index in [2.05, 4.69) is 5.32 Å². The van der Waals surface area contributed by atoms with E-state index in [0.717, 1.165) is 0 Å². The Morgan fingerprint density at radius 2 is 2.00 bits per heavy atom. The summed E-state index contributed by atoms with van der Waals surface area (Å²) in [5, 5.41) is 2.59. The number of hydrogen-bond acceptors (Lipinski definition) is 3. The van der Waals surface area contributed by atoms with Gasteiger partial charge in [0.1, 0.15) is 12.4 Å². The molecule has 0 unspecified atom stereocenters. The molecule has 0 atom stereocenters. The van der Waals surface area contributed by atoms with E-state index in [0.29, 0.717) is 12.2 Å². The molecule has 0 radical (unpaired) electrons. The maximum Gasteiger partial charge on any atom is 0.250 e. The van der Waals surface area contributed by atoms with Gasteiger partial charge in [-0.2, -0.15) is 0 Å². The lowest BCUT2D eigenvalue weighted by molar-refractivity contribution is -0.125. The Bertz CT molecular complexity index is 377. The van der Waals surface area contributed by atoms with Crippen LogP contribution in [0.25, 0.3) is 0 Å². The van der Waals surface area contributed by atoms with Gasteiger partial charge >= 0.3 is 0 Å². The van der Waals surface area contributed by atoms with Gasteiger partial charge in [-0.1, -0.05) is 0 Å². The Morgan fingerprint density at radius 1 is 1.41 bits per heavy atom. The summed E-state index contributed by atoms with van der Waals surface area (Å²) >= 11 is 0. The first kappa shape index (κ1) is 13.6. The lowest BCUT2D eigenvalue weighted by Crippen LogP contribution is -2.36. The minimum atomic E-state index is -0.528. The fourth-order valence-electron chi connectivity index (χ4n) is 1.05. The molecular formula is C12H17FN2O2. The highest BCUT2D eigenvalue weighted by Crippen LogP contribution is 2.09. The maximum absolute atomic E-state index is 12.6. The van der Waals surface area contributed by atoms with E-state index >= 15 is 0 Å². The fraction of sp³-hybridized carbons (Fsp3) is 0.417. The monoisotopic (exact) mass is 240 g/mol. The van der Waals surface area contributed by atoms with Crippen molar-refractivity contribution in [1.29, 1.82) is 0 Å². The van der Waals surface area contributed by atoms with Crippen molar-refractivity contribution >= 4 is 11.6 Å². The van der Waals surface area contributed by atoms with Crippen molar-refractivity contribution in [1.82, 2.24) is 0 Å². The molecule has 3 N–H and O–H groups in total. The molecule has 0 aromatic heterocycles. The molecule has 17 heavy (non-hydrogen) atoms. The zero-order chi connectivity index (χ0) is 12.9. The van der Waals surface area contributed by atoms with Crippen molar-refractivity contribution in [2.24, 2.45) is 5.73 Å². The van der Waals surface area contributed by atoms with Gasteiger partial charge in [0.05, 0.1) is 5.60 Å².